The van der Waals surface area contributed by atoms with E-state index in [0.29, 0.717) is 19.0 Å². The zero-order chi connectivity index (χ0) is 18.1. The van der Waals surface area contributed by atoms with Crippen molar-refractivity contribution in [3.8, 4) is 0 Å². The van der Waals surface area contributed by atoms with Crippen LogP contribution in [-0.4, -0.2) is 25.0 Å². The molecule has 4 rings (SSSR count). The molecule has 0 radical (unpaired) electrons. The first-order valence-electron chi connectivity index (χ1n) is 9.15. The van der Waals surface area contributed by atoms with Gasteiger partial charge in [0.05, 0.1) is 0 Å². The Hall–Kier alpha value is -2.82. The van der Waals surface area contributed by atoms with E-state index in [1.807, 2.05) is 36.4 Å². The lowest BCUT2D eigenvalue weighted by Crippen LogP contribution is -2.46. The summed E-state index contributed by atoms with van der Waals surface area (Å²) in [4.78, 5) is 26.3. The van der Waals surface area contributed by atoms with Gasteiger partial charge in [-0.1, -0.05) is 30.3 Å². The van der Waals surface area contributed by atoms with Crippen molar-refractivity contribution >= 4 is 23.3 Å². The molecule has 2 aromatic rings. The number of anilines is 2. The maximum Gasteiger partial charge on any atom is 0.321 e. The molecule has 2 fully saturated rings. The number of benzene rings is 2. The lowest BCUT2D eigenvalue weighted by atomic mass is 10.0. The van der Waals surface area contributed by atoms with E-state index in [1.165, 1.54) is 11.1 Å². The summed E-state index contributed by atoms with van der Waals surface area (Å²) in [7, 11) is 0. The van der Waals surface area contributed by atoms with Gasteiger partial charge in [0, 0.05) is 30.4 Å². The van der Waals surface area contributed by atoms with Crippen LogP contribution < -0.4 is 15.5 Å². The highest BCUT2D eigenvalue weighted by atomic mass is 16.2. The van der Waals surface area contributed by atoms with Crippen molar-refractivity contribution in [3.63, 3.8) is 0 Å². The van der Waals surface area contributed by atoms with Crippen molar-refractivity contribution in [3.05, 3.63) is 59.7 Å². The van der Waals surface area contributed by atoms with Crippen LogP contribution in [0.15, 0.2) is 48.5 Å². The van der Waals surface area contributed by atoms with Crippen molar-refractivity contribution in [2.24, 2.45) is 5.92 Å². The molecule has 2 unspecified atom stereocenters. The maximum absolute atomic E-state index is 12.6. The van der Waals surface area contributed by atoms with Gasteiger partial charge in [0.1, 0.15) is 0 Å². The second-order valence-electron chi connectivity index (χ2n) is 7.08. The number of rotatable bonds is 4. The SMILES string of the molecule is Cc1ccccc1C1CC1C(=O)Nc1cccc(N2CCCNC2=O)c1. The van der Waals surface area contributed by atoms with Crippen molar-refractivity contribution < 1.29 is 9.59 Å². The summed E-state index contributed by atoms with van der Waals surface area (Å²) in [6, 6.07) is 15.7. The van der Waals surface area contributed by atoms with E-state index in [-0.39, 0.29) is 17.9 Å². The Labute approximate surface area is 153 Å². The fourth-order valence-corrected chi connectivity index (χ4v) is 3.69. The topological polar surface area (TPSA) is 61.4 Å². The number of urea groups is 1. The summed E-state index contributed by atoms with van der Waals surface area (Å²) in [5.74, 6) is 0.392. The Kier molecular flexibility index (Phi) is 4.37. The minimum atomic E-state index is -0.0819. The largest absolute Gasteiger partial charge is 0.338 e. The summed E-state index contributed by atoms with van der Waals surface area (Å²) in [5, 5.41) is 5.87. The second kappa shape index (κ2) is 6.83. The van der Waals surface area contributed by atoms with Crippen LogP contribution in [0.2, 0.25) is 0 Å². The molecule has 1 heterocycles. The Morgan fingerprint density at radius 3 is 2.85 bits per heavy atom. The molecule has 134 valence electrons. The Balaban J connectivity index is 1.43. The zero-order valence-corrected chi connectivity index (χ0v) is 14.9. The van der Waals surface area contributed by atoms with Crippen molar-refractivity contribution in [2.75, 3.05) is 23.3 Å². The van der Waals surface area contributed by atoms with Crippen LogP contribution in [0.5, 0.6) is 0 Å². The van der Waals surface area contributed by atoms with Crippen LogP contribution in [0.3, 0.4) is 0 Å². The average molecular weight is 349 g/mol. The monoisotopic (exact) mass is 349 g/mol. The van der Waals surface area contributed by atoms with Gasteiger partial charge in [0.25, 0.3) is 0 Å². The molecule has 0 aromatic heterocycles. The molecule has 1 saturated heterocycles. The van der Waals surface area contributed by atoms with Crippen molar-refractivity contribution in [1.82, 2.24) is 5.32 Å². The molecular weight excluding hydrogens is 326 g/mol. The number of hydrogen-bond acceptors (Lipinski definition) is 2. The molecule has 0 bridgehead atoms. The number of aryl methyl sites for hydroxylation is 1. The van der Waals surface area contributed by atoms with E-state index in [4.69, 9.17) is 0 Å². The lowest BCUT2D eigenvalue weighted by molar-refractivity contribution is -0.117. The molecule has 2 atom stereocenters. The smallest absolute Gasteiger partial charge is 0.321 e. The number of nitrogens with one attached hydrogen (secondary N) is 2. The van der Waals surface area contributed by atoms with Crippen LogP contribution in [0.4, 0.5) is 16.2 Å². The number of carbonyl (C=O) groups is 2. The normalized spacial score (nSPS) is 21.9. The zero-order valence-electron chi connectivity index (χ0n) is 14.9. The predicted molar refractivity (Wildman–Crippen MR) is 102 cm³/mol. The van der Waals surface area contributed by atoms with Gasteiger partial charge in [-0.05, 0) is 55.0 Å². The molecular formula is C21H23N3O2. The summed E-state index contributed by atoms with van der Waals surface area (Å²) < 4.78 is 0. The van der Waals surface area contributed by atoms with E-state index in [2.05, 4.69) is 29.7 Å². The molecule has 1 aliphatic carbocycles. The second-order valence-corrected chi connectivity index (χ2v) is 7.08. The van der Waals surface area contributed by atoms with Crippen LogP contribution in [0.1, 0.15) is 29.9 Å². The Morgan fingerprint density at radius 1 is 1.19 bits per heavy atom. The van der Waals surface area contributed by atoms with E-state index < -0.39 is 0 Å². The number of carbonyl (C=O) groups excluding carboxylic acids is 2. The van der Waals surface area contributed by atoms with E-state index in [0.717, 1.165) is 24.2 Å². The molecule has 5 heteroatoms. The third kappa shape index (κ3) is 3.29. The third-order valence-electron chi connectivity index (χ3n) is 5.22. The third-order valence-corrected chi connectivity index (χ3v) is 5.22. The van der Waals surface area contributed by atoms with Crippen LogP contribution >= 0.6 is 0 Å². The highest BCUT2D eigenvalue weighted by Crippen LogP contribution is 2.49. The van der Waals surface area contributed by atoms with Gasteiger partial charge in [0.15, 0.2) is 0 Å². The molecule has 2 N–H and O–H groups in total. The minimum absolute atomic E-state index is 0.0260. The highest BCUT2D eigenvalue weighted by Gasteiger charge is 2.44. The van der Waals surface area contributed by atoms with Crippen LogP contribution in [-0.2, 0) is 4.79 Å². The summed E-state index contributed by atoms with van der Waals surface area (Å²) in [6.07, 6.45) is 1.81. The molecule has 1 aliphatic heterocycles. The summed E-state index contributed by atoms with van der Waals surface area (Å²) in [5.41, 5.74) is 4.06. The van der Waals surface area contributed by atoms with Gasteiger partial charge in [0.2, 0.25) is 5.91 Å². The van der Waals surface area contributed by atoms with Gasteiger partial charge >= 0.3 is 6.03 Å². The molecule has 1 saturated carbocycles. The van der Waals surface area contributed by atoms with Gasteiger partial charge in [-0.2, -0.15) is 0 Å². The van der Waals surface area contributed by atoms with E-state index in [9.17, 15) is 9.59 Å². The number of amides is 3. The van der Waals surface area contributed by atoms with Crippen molar-refractivity contribution in [1.29, 1.82) is 0 Å². The van der Waals surface area contributed by atoms with Gasteiger partial charge in [-0.3, -0.25) is 9.69 Å². The number of nitrogens with zero attached hydrogens (tertiary/aromatic N) is 1. The Bertz CT molecular complexity index is 849. The fourth-order valence-electron chi connectivity index (χ4n) is 3.69. The lowest BCUT2D eigenvalue weighted by Gasteiger charge is -2.27. The molecule has 0 spiro atoms. The molecule has 2 aromatic carbocycles. The molecule has 3 amide bonds. The summed E-state index contributed by atoms with van der Waals surface area (Å²) in [6.45, 7) is 3.50. The average Bonchev–Trinajstić information content (AvgIpc) is 3.43. The Morgan fingerprint density at radius 2 is 2.04 bits per heavy atom. The molecule has 26 heavy (non-hydrogen) atoms. The summed E-state index contributed by atoms with van der Waals surface area (Å²) >= 11 is 0. The van der Waals surface area contributed by atoms with E-state index >= 15 is 0 Å². The van der Waals surface area contributed by atoms with E-state index in [1.54, 1.807) is 4.90 Å². The fraction of sp³-hybridized carbons (Fsp3) is 0.333. The predicted octanol–water partition coefficient (Wildman–Crippen LogP) is 3.66. The first-order chi connectivity index (χ1) is 12.6. The minimum Gasteiger partial charge on any atom is -0.338 e. The standard InChI is InChI=1S/C21H23N3O2/c1-14-6-2-3-9-17(14)18-13-19(18)20(25)23-15-7-4-8-16(12-15)24-11-5-10-22-21(24)26/h2-4,6-9,12,18-19H,5,10-11,13H2,1H3,(H,22,26)(H,23,25). The number of hydrogen-bond donors (Lipinski definition) is 2. The quantitative estimate of drug-likeness (QED) is 0.885. The van der Waals surface area contributed by atoms with Gasteiger partial charge < -0.3 is 10.6 Å². The first-order valence-corrected chi connectivity index (χ1v) is 9.15. The van der Waals surface area contributed by atoms with Gasteiger partial charge in [-0.15, -0.1) is 0 Å². The highest BCUT2D eigenvalue weighted by molar-refractivity contribution is 5.97. The van der Waals surface area contributed by atoms with Crippen molar-refractivity contribution in [2.45, 2.75) is 25.7 Å². The van der Waals surface area contributed by atoms with Crippen LogP contribution in [0.25, 0.3) is 0 Å². The maximum atomic E-state index is 12.6. The first kappa shape index (κ1) is 16.6. The van der Waals surface area contributed by atoms with Crippen LogP contribution in [0, 0.1) is 12.8 Å². The van der Waals surface area contributed by atoms with Gasteiger partial charge in [-0.25, -0.2) is 4.79 Å². The molecule has 5 nitrogen and oxygen atoms in total. The molecule has 2 aliphatic rings.